The average Bonchev–Trinajstić information content (AvgIpc) is 3.18. The minimum atomic E-state index is -0.787. The lowest BCUT2D eigenvalue weighted by atomic mass is 9.95. The van der Waals surface area contributed by atoms with Crippen molar-refractivity contribution in [3.8, 4) is 0 Å². The first-order valence-electron chi connectivity index (χ1n) is 7.60. The van der Waals surface area contributed by atoms with Gasteiger partial charge in [-0.05, 0) is 36.6 Å². The van der Waals surface area contributed by atoms with Gasteiger partial charge in [0.1, 0.15) is 5.82 Å². The Morgan fingerprint density at radius 2 is 1.95 bits per heavy atom. The number of urea groups is 1. The third-order valence-corrected chi connectivity index (χ3v) is 5.78. The molecule has 0 unspecified atom stereocenters. The van der Waals surface area contributed by atoms with E-state index in [0.29, 0.717) is 24.3 Å². The second kappa shape index (κ2) is 6.08. The lowest BCUT2D eigenvalue weighted by Crippen LogP contribution is -2.47. The maximum absolute atomic E-state index is 13.9. The highest BCUT2D eigenvalue weighted by Crippen LogP contribution is 2.48. The van der Waals surface area contributed by atoms with Gasteiger partial charge in [0.05, 0.1) is 5.60 Å². The molecule has 2 amide bonds. The number of nitrogens with one attached hydrogen (secondary N) is 2. The summed E-state index contributed by atoms with van der Waals surface area (Å²) >= 11 is 1.70. The summed E-state index contributed by atoms with van der Waals surface area (Å²) in [4.78, 5) is 11.9. The van der Waals surface area contributed by atoms with Crippen molar-refractivity contribution in [3.63, 3.8) is 0 Å². The van der Waals surface area contributed by atoms with Crippen molar-refractivity contribution in [1.82, 2.24) is 10.6 Å². The monoisotopic (exact) mass is 324 g/mol. The van der Waals surface area contributed by atoms with Crippen LogP contribution in [0.1, 0.15) is 24.8 Å². The Morgan fingerprint density at radius 3 is 2.59 bits per heavy atom. The van der Waals surface area contributed by atoms with Crippen LogP contribution in [0.2, 0.25) is 0 Å². The van der Waals surface area contributed by atoms with Crippen molar-refractivity contribution in [2.24, 2.45) is 0 Å². The molecule has 6 heteroatoms. The lowest BCUT2D eigenvalue weighted by Gasteiger charge is -2.22. The zero-order valence-electron chi connectivity index (χ0n) is 12.4. The zero-order valence-corrected chi connectivity index (χ0v) is 13.2. The van der Waals surface area contributed by atoms with Gasteiger partial charge in [0.15, 0.2) is 0 Å². The summed E-state index contributed by atoms with van der Waals surface area (Å²) in [7, 11) is 0. The molecule has 2 aliphatic rings. The molecule has 0 aromatic heterocycles. The molecule has 3 rings (SSSR count). The van der Waals surface area contributed by atoms with Crippen LogP contribution in [0.5, 0.6) is 0 Å². The SMILES string of the molecule is O=C(NCC1(c2ccccc2F)CC1)NC[C@]1(O)CCSC1. The Balaban J connectivity index is 1.50. The molecule has 4 nitrogen and oxygen atoms in total. The second-order valence-electron chi connectivity index (χ2n) is 6.32. The number of aliphatic hydroxyl groups is 1. The number of halogens is 1. The van der Waals surface area contributed by atoms with Gasteiger partial charge in [0, 0.05) is 24.3 Å². The fraction of sp³-hybridized carbons (Fsp3) is 0.562. The number of thioether (sulfide) groups is 1. The zero-order chi connectivity index (χ0) is 15.6. The van der Waals surface area contributed by atoms with E-state index in [1.165, 1.54) is 6.07 Å². The molecule has 120 valence electrons. The normalized spacial score (nSPS) is 25.7. The summed E-state index contributed by atoms with van der Waals surface area (Å²) in [6.45, 7) is 0.686. The van der Waals surface area contributed by atoms with Crippen molar-refractivity contribution >= 4 is 17.8 Å². The van der Waals surface area contributed by atoms with Gasteiger partial charge in [0.2, 0.25) is 0 Å². The van der Waals surface area contributed by atoms with Crippen LogP contribution in [0.4, 0.5) is 9.18 Å². The van der Waals surface area contributed by atoms with Gasteiger partial charge < -0.3 is 15.7 Å². The van der Waals surface area contributed by atoms with Crippen LogP contribution in [-0.2, 0) is 5.41 Å². The first-order chi connectivity index (χ1) is 10.5. The molecule has 1 aliphatic carbocycles. The molecule has 3 N–H and O–H groups in total. The molecule has 1 aromatic carbocycles. The summed E-state index contributed by atoms with van der Waals surface area (Å²) in [5.41, 5.74) is -0.366. The Kier molecular flexibility index (Phi) is 4.32. The molecule has 1 heterocycles. The van der Waals surface area contributed by atoms with Crippen molar-refractivity contribution in [3.05, 3.63) is 35.6 Å². The van der Waals surface area contributed by atoms with Crippen LogP contribution in [0.3, 0.4) is 0 Å². The van der Waals surface area contributed by atoms with E-state index in [0.717, 1.165) is 18.6 Å². The minimum Gasteiger partial charge on any atom is -0.387 e. The Bertz CT molecular complexity index is 557. The second-order valence-corrected chi connectivity index (χ2v) is 7.43. The molecule has 1 saturated heterocycles. The maximum atomic E-state index is 13.9. The summed E-state index contributed by atoms with van der Waals surface area (Å²) in [5, 5.41) is 15.7. The molecule has 1 saturated carbocycles. The molecule has 0 spiro atoms. The van der Waals surface area contributed by atoms with Crippen LogP contribution < -0.4 is 10.6 Å². The smallest absolute Gasteiger partial charge is 0.314 e. The molecule has 1 aliphatic heterocycles. The molecule has 0 radical (unpaired) electrons. The summed E-state index contributed by atoms with van der Waals surface area (Å²) < 4.78 is 13.9. The van der Waals surface area contributed by atoms with Gasteiger partial charge in [-0.15, -0.1) is 0 Å². The Hall–Kier alpha value is -1.27. The largest absolute Gasteiger partial charge is 0.387 e. The van der Waals surface area contributed by atoms with E-state index in [2.05, 4.69) is 10.6 Å². The highest BCUT2D eigenvalue weighted by molar-refractivity contribution is 7.99. The predicted molar refractivity (Wildman–Crippen MR) is 85.6 cm³/mol. The van der Waals surface area contributed by atoms with Crippen LogP contribution >= 0.6 is 11.8 Å². The van der Waals surface area contributed by atoms with Gasteiger partial charge in [-0.25, -0.2) is 9.18 Å². The van der Waals surface area contributed by atoms with E-state index >= 15 is 0 Å². The van der Waals surface area contributed by atoms with Crippen LogP contribution in [-0.4, -0.2) is 41.3 Å². The molecule has 1 aromatic rings. The van der Waals surface area contributed by atoms with Gasteiger partial charge in [-0.2, -0.15) is 11.8 Å². The third-order valence-electron chi connectivity index (χ3n) is 4.55. The van der Waals surface area contributed by atoms with Crippen LogP contribution in [0, 0.1) is 5.82 Å². The number of hydrogen-bond acceptors (Lipinski definition) is 3. The minimum absolute atomic E-state index is 0.209. The van der Waals surface area contributed by atoms with Gasteiger partial charge in [-0.3, -0.25) is 0 Å². The number of carbonyl (C=O) groups is 1. The average molecular weight is 324 g/mol. The number of benzene rings is 1. The standard InChI is InChI=1S/C16H21FN2O2S/c17-13-4-2-1-3-12(13)15(5-6-15)9-18-14(20)19-10-16(21)7-8-22-11-16/h1-4,21H,5-11H2,(H2,18,19,20)/t16-/m1/s1. The van der Waals surface area contributed by atoms with Gasteiger partial charge >= 0.3 is 6.03 Å². The fourth-order valence-corrected chi connectivity index (χ4v) is 4.17. The van der Waals surface area contributed by atoms with E-state index in [4.69, 9.17) is 0 Å². The highest BCUT2D eigenvalue weighted by atomic mass is 32.2. The van der Waals surface area contributed by atoms with Gasteiger partial charge in [0.25, 0.3) is 0 Å². The maximum Gasteiger partial charge on any atom is 0.314 e. The molecule has 22 heavy (non-hydrogen) atoms. The van der Waals surface area contributed by atoms with Crippen LogP contribution in [0.25, 0.3) is 0 Å². The topological polar surface area (TPSA) is 61.4 Å². The number of rotatable bonds is 5. The van der Waals surface area contributed by atoms with Crippen molar-refractivity contribution in [2.45, 2.75) is 30.3 Å². The quantitative estimate of drug-likeness (QED) is 0.776. The summed E-state index contributed by atoms with van der Waals surface area (Å²) in [6, 6.07) is 6.46. The van der Waals surface area contributed by atoms with E-state index in [9.17, 15) is 14.3 Å². The van der Waals surface area contributed by atoms with Crippen molar-refractivity contribution < 1.29 is 14.3 Å². The first kappa shape index (κ1) is 15.6. The van der Waals surface area contributed by atoms with E-state index in [1.54, 1.807) is 23.9 Å². The summed E-state index contributed by atoms with van der Waals surface area (Å²) in [5.74, 6) is 1.38. The lowest BCUT2D eigenvalue weighted by molar-refractivity contribution is 0.0700. The fourth-order valence-electron chi connectivity index (χ4n) is 2.88. The van der Waals surface area contributed by atoms with E-state index < -0.39 is 5.60 Å². The number of amides is 2. The molecular weight excluding hydrogens is 303 g/mol. The molecule has 0 bridgehead atoms. The van der Waals surface area contributed by atoms with Crippen molar-refractivity contribution in [1.29, 1.82) is 0 Å². The van der Waals surface area contributed by atoms with Crippen LogP contribution in [0.15, 0.2) is 24.3 Å². The Labute approximate surface area is 133 Å². The first-order valence-corrected chi connectivity index (χ1v) is 8.75. The van der Waals surface area contributed by atoms with Crippen molar-refractivity contribution in [2.75, 3.05) is 24.6 Å². The van der Waals surface area contributed by atoms with E-state index in [1.807, 2.05) is 6.07 Å². The predicted octanol–water partition coefficient (Wildman–Crippen LogP) is 2.02. The summed E-state index contributed by atoms with van der Waals surface area (Å²) in [6.07, 6.45) is 2.47. The molecule has 1 atom stereocenters. The Morgan fingerprint density at radius 1 is 1.23 bits per heavy atom. The third kappa shape index (κ3) is 3.38. The highest BCUT2D eigenvalue weighted by Gasteiger charge is 2.46. The van der Waals surface area contributed by atoms with E-state index in [-0.39, 0.29) is 23.8 Å². The molecular formula is C16H21FN2O2S. The van der Waals surface area contributed by atoms with Gasteiger partial charge in [-0.1, -0.05) is 18.2 Å². The molecule has 2 fully saturated rings. The number of carbonyl (C=O) groups excluding carboxylic acids is 1. The number of hydrogen-bond donors (Lipinski definition) is 3.